The first-order valence-corrected chi connectivity index (χ1v) is 4.84. The van der Waals surface area contributed by atoms with E-state index in [1.807, 2.05) is 4.90 Å². The van der Waals surface area contributed by atoms with Gasteiger partial charge < -0.3 is 10.2 Å². The Morgan fingerprint density at radius 2 is 2.31 bits per heavy atom. The van der Waals surface area contributed by atoms with Crippen molar-refractivity contribution in [1.29, 1.82) is 0 Å². The van der Waals surface area contributed by atoms with Crippen LogP contribution >= 0.6 is 0 Å². The van der Waals surface area contributed by atoms with E-state index < -0.39 is 4.92 Å². The molecule has 0 bridgehead atoms. The third kappa shape index (κ3) is 2.44. The number of hydrogen-bond donors (Lipinski definition) is 1. The normalized spacial score (nSPS) is 17.5. The second kappa shape index (κ2) is 4.56. The number of aromatic nitrogens is 2. The lowest BCUT2D eigenvalue weighted by Crippen LogP contribution is -2.20. The van der Waals surface area contributed by atoms with E-state index in [9.17, 15) is 10.1 Å². The van der Waals surface area contributed by atoms with Crippen molar-refractivity contribution >= 4 is 0 Å². The summed E-state index contributed by atoms with van der Waals surface area (Å²) in [5, 5.41) is 13.4. The van der Waals surface area contributed by atoms with Crippen LogP contribution in [0.5, 0.6) is 0 Å². The lowest BCUT2D eigenvalue weighted by Gasteiger charge is -2.16. The first kappa shape index (κ1) is 10.3. The Morgan fingerprint density at radius 3 is 3.00 bits per heavy atom. The Labute approximate surface area is 92.0 Å². The van der Waals surface area contributed by atoms with Gasteiger partial charge in [0.2, 0.25) is 0 Å². The van der Waals surface area contributed by atoms with E-state index in [1.54, 1.807) is 12.4 Å². The fourth-order valence-electron chi connectivity index (χ4n) is 1.57. The van der Waals surface area contributed by atoms with E-state index >= 15 is 0 Å². The molecule has 0 aromatic carbocycles. The highest BCUT2D eigenvalue weighted by Crippen LogP contribution is 2.11. The van der Waals surface area contributed by atoms with Crippen LogP contribution in [0, 0.1) is 10.1 Å². The van der Waals surface area contributed by atoms with E-state index in [0.29, 0.717) is 18.9 Å². The molecule has 1 aromatic heterocycles. The summed E-state index contributed by atoms with van der Waals surface area (Å²) in [6.07, 6.45) is 5.85. The summed E-state index contributed by atoms with van der Waals surface area (Å²) < 4.78 is 0. The van der Waals surface area contributed by atoms with Gasteiger partial charge in [0.1, 0.15) is 6.33 Å². The van der Waals surface area contributed by atoms with Gasteiger partial charge in [-0.25, -0.2) is 9.97 Å². The van der Waals surface area contributed by atoms with E-state index in [1.165, 1.54) is 6.33 Å². The first-order valence-electron chi connectivity index (χ1n) is 4.84. The van der Waals surface area contributed by atoms with Gasteiger partial charge in [-0.05, 0) is 0 Å². The second-order valence-corrected chi connectivity index (χ2v) is 3.39. The zero-order chi connectivity index (χ0) is 11.4. The molecule has 16 heavy (non-hydrogen) atoms. The van der Waals surface area contributed by atoms with Crippen LogP contribution < -0.4 is 5.32 Å². The van der Waals surface area contributed by atoms with E-state index in [4.69, 9.17) is 0 Å². The van der Waals surface area contributed by atoms with E-state index in [0.717, 1.165) is 18.3 Å². The second-order valence-electron chi connectivity index (χ2n) is 3.39. The summed E-state index contributed by atoms with van der Waals surface area (Å²) in [4.78, 5) is 19.6. The predicted octanol–water partition coefficient (Wildman–Crippen LogP) is -0.0426. The number of nitrogens with one attached hydrogen (secondary N) is 1. The maximum atomic E-state index is 10.4. The van der Waals surface area contributed by atoms with E-state index in [-0.39, 0.29) is 0 Å². The van der Waals surface area contributed by atoms with Crippen molar-refractivity contribution in [3.63, 3.8) is 0 Å². The molecule has 0 saturated carbocycles. The van der Waals surface area contributed by atoms with Crippen LogP contribution in [0.2, 0.25) is 0 Å². The molecule has 0 amide bonds. The highest BCUT2D eigenvalue weighted by Gasteiger charge is 2.19. The van der Waals surface area contributed by atoms with Crippen molar-refractivity contribution in [2.24, 2.45) is 0 Å². The third-order valence-electron chi connectivity index (χ3n) is 2.24. The van der Waals surface area contributed by atoms with Gasteiger partial charge in [-0.2, -0.15) is 0 Å². The molecule has 0 spiro atoms. The molecule has 1 aliphatic heterocycles. The molecule has 1 fully saturated rings. The van der Waals surface area contributed by atoms with Crippen LogP contribution in [-0.4, -0.2) is 32.9 Å². The molecule has 84 valence electrons. The van der Waals surface area contributed by atoms with Gasteiger partial charge in [0.25, 0.3) is 6.20 Å². The quantitative estimate of drug-likeness (QED) is 0.569. The monoisotopic (exact) mass is 221 g/mol. The molecule has 1 aliphatic rings. The van der Waals surface area contributed by atoms with Gasteiger partial charge >= 0.3 is 0 Å². The Morgan fingerprint density at radius 1 is 1.56 bits per heavy atom. The summed E-state index contributed by atoms with van der Waals surface area (Å²) in [5.41, 5.74) is 0.931. The molecule has 1 N–H and O–H groups in total. The van der Waals surface area contributed by atoms with Crippen LogP contribution in [0.25, 0.3) is 0 Å². The number of nitrogens with zero attached hydrogens (tertiary/aromatic N) is 4. The van der Waals surface area contributed by atoms with Crippen molar-refractivity contribution in [2.45, 2.75) is 6.54 Å². The van der Waals surface area contributed by atoms with Crippen LogP contribution in [-0.2, 0) is 6.54 Å². The smallest absolute Gasteiger partial charge is 0.274 e. The summed E-state index contributed by atoms with van der Waals surface area (Å²) in [6, 6.07) is 0. The average molecular weight is 221 g/mol. The van der Waals surface area contributed by atoms with Crippen molar-refractivity contribution in [3.8, 4) is 0 Å². The molecule has 2 heterocycles. The number of hydrogen-bond acceptors (Lipinski definition) is 6. The zero-order valence-electron chi connectivity index (χ0n) is 8.54. The summed E-state index contributed by atoms with van der Waals surface area (Å²) in [6.45, 7) is 2.04. The molecule has 0 unspecified atom stereocenters. The fourth-order valence-corrected chi connectivity index (χ4v) is 1.57. The van der Waals surface area contributed by atoms with Crippen LogP contribution in [0.3, 0.4) is 0 Å². The largest absolute Gasteiger partial charge is 0.365 e. The van der Waals surface area contributed by atoms with Gasteiger partial charge in [-0.15, -0.1) is 0 Å². The predicted molar refractivity (Wildman–Crippen MR) is 55.5 cm³/mol. The topological polar surface area (TPSA) is 84.2 Å². The van der Waals surface area contributed by atoms with Gasteiger partial charge in [-0.1, -0.05) is 0 Å². The molecule has 7 nitrogen and oxygen atoms in total. The molecule has 0 aliphatic carbocycles. The molecule has 1 aromatic rings. The minimum Gasteiger partial charge on any atom is -0.365 e. The van der Waals surface area contributed by atoms with Gasteiger partial charge in [0, 0.05) is 37.6 Å². The van der Waals surface area contributed by atoms with Crippen molar-refractivity contribution in [3.05, 3.63) is 46.4 Å². The molecule has 0 atom stereocenters. The van der Waals surface area contributed by atoms with Crippen LogP contribution in [0.15, 0.2) is 30.7 Å². The zero-order valence-corrected chi connectivity index (χ0v) is 8.54. The first-order chi connectivity index (χ1) is 7.75. The summed E-state index contributed by atoms with van der Waals surface area (Å²) in [7, 11) is 0. The highest BCUT2D eigenvalue weighted by atomic mass is 16.6. The lowest BCUT2D eigenvalue weighted by molar-refractivity contribution is -0.404. The fraction of sp³-hybridized carbons (Fsp3) is 0.333. The molecular formula is C9H11N5O2. The molecule has 0 radical (unpaired) electrons. The third-order valence-corrected chi connectivity index (χ3v) is 2.24. The van der Waals surface area contributed by atoms with Crippen molar-refractivity contribution < 1.29 is 4.92 Å². The Hall–Kier alpha value is -2.18. The van der Waals surface area contributed by atoms with Crippen LogP contribution in [0.1, 0.15) is 5.56 Å². The molecule has 2 rings (SSSR count). The van der Waals surface area contributed by atoms with Crippen molar-refractivity contribution in [1.82, 2.24) is 20.2 Å². The Bertz CT molecular complexity index is 406. The highest BCUT2D eigenvalue weighted by molar-refractivity contribution is 5.08. The minimum atomic E-state index is -0.456. The van der Waals surface area contributed by atoms with Gasteiger partial charge in [0.05, 0.1) is 4.92 Å². The maximum Gasteiger partial charge on any atom is 0.274 e. The number of nitro groups is 1. The molecule has 1 saturated heterocycles. The SMILES string of the molecule is O=[N+]([O-])/C=C1/NCCN1Cc1cncnc1. The summed E-state index contributed by atoms with van der Waals surface area (Å²) >= 11 is 0. The Kier molecular flexibility index (Phi) is 2.95. The lowest BCUT2D eigenvalue weighted by atomic mass is 10.3. The molecule has 7 heteroatoms. The van der Waals surface area contributed by atoms with E-state index in [2.05, 4.69) is 15.3 Å². The number of rotatable bonds is 3. The average Bonchev–Trinajstić information content (AvgIpc) is 2.66. The van der Waals surface area contributed by atoms with Gasteiger partial charge in [-0.3, -0.25) is 10.1 Å². The minimum absolute atomic E-state index is 0.456. The standard InChI is InChI=1S/C9H11N5O2/c15-14(16)6-9-12-1-2-13(9)5-8-3-10-7-11-4-8/h3-4,6-7,12H,1-2,5H2/b9-6-. The van der Waals surface area contributed by atoms with Crippen LogP contribution in [0.4, 0.5) is 0 Å². The summed E-state index contributed by atoms with van der Waals surface area (Å²) in [5.74, 6) is 0.536. The van der Waals surface area contributed by atoms with Crippen molar-refractivity contribution in [2.75, 3.05) is 13.1 Å². The Balaban J connectivity index is 2.07. The van der Waals surface area contributed by atoms with Gasteiger partial charge in [0.15, 0.2) is 5.82 Å². The molecular weight excluding hydrogens is 210 g/mol. The maximum absolute atomic E-state index is 10.4.